The van der Waals surface area contributed by atoms with Gasteiger partial charge in [-0.05, 0) is 86.8 Å². The number of hydrogen-bond donors (Lipinski definition) is 0. The SMILES string of the molecule is C/C=C/C1CCC2CC(c3cc(F)cc(F)c3)CCC2C1. The van der Waals surface area contributed by atoms with Crippen LogP contribution in [0.3, 0.4) is 0 Å². The van der Waals surface area contributed by atoms with Crippen LogP contribution in [0, 0.1) is 29.4 Å². The molecule has 0 amide bonds. The maximum Gasteiger partial charge on any atom is 0.126 e. The largest absolute Gasteiger partial charge is 0.207 e. The first-order valence-corrected chi connectivity index (χ1v) is 8.24. The van der Waals surface area contributed by atoms with Gasteiger partial charge >= 0.3 is 0 Å². The van der Waals surface area contributed by atoms with E-state index in [0.29, 0.717) is 5.92 Å². The minimum absolute atomic E-state index is 0.342. The Morgan fingerprint density at radius 3 is 2.29 bits per heavy atom. The van der Waals surface area contributed by atoms with Crippen LogP contribution in [-0.4, -0.2) is 0 Å². The van der Waals surface area contributed by atoms with Crippen molar-refractivity contribution in [2.75, 3.05) is 0 Å². The topological polar surface area (TPSA) is 0 Å². The molecule has 1 aromatic rings. The van der Waals surface area contributed by atoms with Gasteiger partial charge < -0.3 is 0 Å². The number of rotatable bonds is 2. The van der Waals surface area contributed by atoms with Gasteiger partial charge in [-0.2, -0.15) is 0 Å². The molecule has 114 valence electrons. The van der Waals surface area contributed by atoms with E-state index in [1.54, 1.807) is 0 Å². The summed E-state index contributed by atoms with van der Waals surface area (Å²) in [5.41, 5.74) is 0.863. The third-order valence-corrected chi connectivity index (χ3v) is 5.47. The van der Waals surface area contributed by atoms with Crippen molar-refractivity contribution in [3.8, 4) is 0 Å². The second kappa shape index (κ2) is 6.29. The van der Waals surface area contributed by atoms with E-state index in [2.05, 4.69) is 19.1 Å². The highest BCUT2D eigenvalue weighted by atomic mass is 19.1. The lowest BCUT2D eigenvalue weighted by Gasteiger charge is -2.41. The minimum Gasteiger partial charge on any atom is -0.207 e. The average molecular weight is 290 g/mol. The summed E-state index contributed by atoms with van der Waals surface area (Å²) >= 11 is 0. The van der Waals surface area contributed by atoms with E-state index in [1.165, 1.54) is 37.8 Å². The standard InChI is InChI=1S/C19H24F2/c1-2-3-13-4-5-15-9-16(7-6-14(15)8-13)17-10-18(20)12-19(21)11-17/h2-3,10-16H,4-9H2,1H3/b3-2+. The lowest BCUT2D eigenvalue weighted by Crippen LogP contribution is -2.30. The van der Waals surface area contributed by atoms with Crippen molar-refractivity contribution in [1.82, 2.24) is 0 Å². The summed E-state index contributed by atoms with van der Waals surface area (Å²) in [5, 5.41) is 0. The van der Waals surface area contributed by atoms with Gasteiger partial charge in [0, 0.05) is 6.07 Å². The number of hydrogen-bond acceptors (Lipinski definition) is 0. The van der Waals surface area contributed by atoms with Crippen LogP contribution in [0.25, 0.3) is 0 Å². The lowest BCUT2D eigenvalue weighted by molar-refractivity contribution is 0.133. The fraction of sp³-hybridized carbons (Fsp3) is 0.579. The predicted octanol–water partition coefficient (Wildman–Crippen LogP) is 5.84. The molecule has 2 aliphatic rings. The molecule has 2 saturated carbocycles. The molecule has 0 nitrogen and oxygen atoms in total. The summed E-state index contributed by atoms with van der Waals surface area (Å²) in [7, 11) is 0. The third-order valence-electron chi connectivity index (χ3n) is 5.47. The molecule has 0 spiro atoms. The van der Waals surface area contributed by atoms with E-state index in [9.17, 15) is 8.78 Å². The Bertz CT molecular complexity index is 500. The Morgan fingerprint density at radius 2 is 1.57 bits per heavy atom. The number of halogens is 2. The van der Waals surface area contributed by atoms with E-state index in [4.69, 9.17) is 0 Å². The zero-order valence-electron chi connectivity index (χ0n) is 12.7. The first-order chi connectivity index (χ1) is 10.2. The second-order valence-electron chi connectivity index (χ2n) is 6.83. The molecule has 2 fully saturated rings. The molecule has 4 atom stereocenters. The van der Waals surface area contributed by atoms with Crippen molar-refractivity contribution in [2.45, 2.75) is 51.4 Å². The van der Waals surface area contributed by atoms with Gasteiger partial charge in [0.2, 0.25) is 0 Å². The van der Waals surface area contributed by atoms with Crippen LogP contribution in [0.1, 0.15) is 56.9 Å². The van der Waals surface area contributed by atoms with Crippen molar-refractivity contribution < 1.29 is 8.78 Å². The molecule has 1 aromatic carbocycles. The highest BCUT2D eigenvalue weighted by molar-refractivity contribution is 5.22. The van der Waals surface area contributed by atoms with Gasteiger partial charge in [0.1, 0.15) is 11.6 Å². The molecule has 0 heterocycles. The summed E-state index contributed by atoms with van der Waals surface area (Å²) in [5.74, 6) is 1.77. The maximum absolute atomic E-state index is 13.4. The molecule has 0 saturated heterocycles. The van der Waals surface area contributed by atoms with Crippen LogP contribution in [0.15, 0.2) is 30.4 Å². The van der Waals surface area contributed by atoms with E-state index < -0.39 is 11.6 Å². The van der Waals surface area contributed by atoms with Gasteiger partial charge in [-0.25, -0.2) is 8.78 Å². The summed E-state index contributed by atoms with van der Waals surface area (Å²) < 4.78 is 26.8. The first-order valence-electron chi connectivity index (χ1n) is 8.24. The number of allylic oxidation sites excluding steroid dienone is 2. The zero-order chi connectivity index (χ0) is 14.8. The van der Waals surface area contributed by atoms with Gasteiger partial charge in [-0.3, -0.25) is 0 Å². The van der Waals surface area contributed by atoms with Crippen molar-refractivity contribution in [2.24, 2.45) is 17.8 Å². The van der Waals surface area contributed by atoms with Crippen LogP contribution < -0.4 is 0 Å². The van der Waals surface area contributed by atoms with Crippen LogP contribution in [-0.2, 0) is 0 Å². The van der Waals surface area contributed by atoms with Gasteiger partial charge in [0.05, 0.1) is 0 Å². The Hall–Kier alpha value is -1.18. The Labute approximate surface area is 126 Å². The quantitative estimate of drug-likeness (QED) is 0.600. The highest BCUT2D eigenvalue weighted by Crippen LogP contribution is 2.47. The smallest absolute Gasteiger partial charge is 0.126 e. The van der Waals surface area contributed by atoms with E-state index >= 15 is 0 Å². The average Bonchev–Trinajstić information content (AvgIpc) is 2.46. The molecule has 0 radical (unpaired) electrons. The maximum atomic E-state index is 13.4. The molecule has 2 heteroatoms. The molecule has 0 bridgehead atoms. The Kier molecular flexibility index (Phi) is 4.42. The molecular formula is C19H24F2. The Morgan fingerprint density at radius 1 is 0.905 bits per heavy atom. The zero-order valence-corrected chi connectivity index (χ0v) is 12.7. The van der Waals surface area contributed by atoms with Crippen molar-refractivity contribution in [1.29, 1.82) is 0 Å². The van der Waals surface area contributed by atoms with E-state index in [0.717, 1.165) is 42.2 Å². The van der Waals surface area contributed by atoms with Crippen LogP contribution in [0.4, 0.5) is 8.78 Å². The number of benzene rings is 1. The fourth-order valence-electron chi connectivity index (χ4n) is 4.49. The molecule has 3 rings (SSSR count). The Balaban J connectivity index is 1.68. The predicted molar refractivity (Wildman–Crippen MR) is 82.1 cm³/mol. The molecular weight excluding hydrogens is 266 g/mol. The summed E-state index contributed by atoms with van der Waals surface area (Å²) in [6.45, 7) is 2.10. The second-order valence-corrected chi connectivity index (χ2v) is 6.83. The molecule has 0 aliphatic heterocycles. The van der Waals surface area contributed by atoms with Crippen LogP contribution in [0.2, 0.25) is 0 Å². The molecule has 4 unspecified atom stereocenters. The van der Waals surface area contributed by atoms with Gasteiger partial charge in [-0.1, -0.05) is 12.2 Å². The minimum atomic E-state index is -0.441. The van der Waals surface area contributed by atoms with Crippen LogP contribution in [0.5, 0.6) is 0 Å². The van der Waals surface area contributed by atoms with Crippen molar-refractivity contribution in [3.63, 3.8) is 0 Å². The molecule has 0 aromatic heterocycles. The monoisotopic (exact) mass is 290 g/mol. The number of fused-ring (bicyclic) bond motifs is 1. The molecule has 0 N–H and O–H groups in total. The summed E-state index contributed by atoms with van der Waals surface area (Å²) in [6, 6.07) is 4.02. The third kappa shape index (κ3) is 3.36. The van der Waals surface area contributed by atoms with Crippen molar-refractivity contribution >= 4 is 0 Å². The van der Waals surface area contributed by atoms with Crippen LogP contribution >= 0.6 is 0 Å². The fourth-order valence-corrected chi connectivity index (χ4v) is 4.49. The lowest BCUT2D eigenvalue weighted by atomic mass is 9.64. The van der Waals surface area contributed by atoms with Gasteiger partial charge in [0.15, 0.2) is 0 Å². The van der Waals surface area contributed by atoms with Gasteiger partial charge in [0.25, 0.3) is 0 Å². The normalized spacial score (nSPS) is 33.1. The molecule has 21 heavy (non-hydrogen) atoms. The van der Waals surface area contributed by atoms with E-state index in [1.807, 2.05) is 0 Å². The van der Waals surface area contributed by atoms with E-state index in [-0.39, 0.29) is 0 Å². The highest BCUT2D eigenvalue weighted by Gasteiger charge is 2.35. The van der Waals surface area contributed by atoms with Crippen molar-refractivity contribution in [3.05, 3.63) is 47.5 Å². The molecule has 2 aliphatic carbocycles. The first kappa shape index (κ1) is 14.7. The summed E-state index contributed by atoms with van der Waals surface area (Å²) in [4.78, 5) is 0. The summed E-state index contributed by atoms with van der Waals surface area (Å²) in [6.07, 6.45) is 11.8. The van der Waals surface area contributed by atoms with Gasteiger partial charge in [-0.15, -0.1) is 0 Å².